The van der Waals surface area contributed by atoms with Gasteiger partial charge in [-0.1, -0.05) is 41.9 Å². The lowest BCUT2D eigenvalue weighted by molar-refractivity contribution is -0.134. The summed E-state index contributed by atoms with van der Waals surface area (Å²) >= 11 is 6.01. The molecule has 0 spiro atoms. The van der Waals surface area contributed by atoms with E-state index in [1.54, 1.807) is 31.2 Å². The molecule has 0 radical (unpaired) electrons. The lowest BCUT2D eigenvalue weighted by atomic mass is 10.1. The summed E-state index contributed by atoms with van der Waals surface area (Å²) in [4.78, 5) is 38.4. The Bertz CT molecular complexity index is 878. The minimum absolute atomic E-state index is 0.126. The van der Waals surface area contributed by atoms with Crippen molar-refractivity contribution in [2.75, 3.05) is 18.9 Å². The van der Waals surface area contributed by atoms with Gasteiger partial charge in [0.25, 0.3) is 5.91 Å². The molecule has 0 saturated carbocycles. The zero-order valence-electron chi connectivity index (χ0n) is 16.4. The molecular weight excluding hydrogens is 378 g/mol. The predicted molar refractivity (Wildman–Crippen MR) is 111 cm³/mol. The predicted octanol–water partition coefficient (Wildman–Crippen LogP) is 3.17. The highest BCUT2D eigenvalue weighted by atomic mass is 35.5. The molecule has 2 N–H and O–H groups in total. The van der Waals surface area contributed by atoms with Crippen LogP contribution in [0.15, 0.2) is 42.5 Å². The highest BCUT2D eigenvalue weighted by Gasteiger charge is 2.22. The highest BCUT2D eigenvalue weighted by molar-refractivity contribution is 6.33. The number of carbonyl (C=O) groups is 3. The first-order valence-corrected chi connectivity index (χ1v) is 9.25. The van der Waals surface area contributed by atoms with Crippen LogP contribution in [0.25, 0.3) is 0 Å². The van der Waals surface area contributed by atoms with Crippen molar-refractivity contribution >= 4 is 35.0 Å². The van der Waals surface area contributed by atoms with Crippen LogP contribution < -0.4 is 10.6 Å². The van der Waals surface area contributed by atoms with Gasteiger partial charge in [0.1, 0.15) is 6.04 Å². The molecule has 1 atom stereocenters. The number of amides is 3. The molecule has 148 valence electrons. The number of rotatable bonds is 6. The monoisotopic (exact) mass is 401 g/mol. The molecule has 0 fully saturated rings. The van der Waals surface area contributed by atoms with Gasteiger partial charge in [0, 0.05) is 12.7 Å². The van der Waals surface area contributed by atoms with Crippen molar-refractivity contribution < 1.29 is 14.4 Å². The van der Waals surface area contributed by atoms with Crippen molar-refractivity contribution in [2.45, 2.75) is 26.8 Å². The Labute approximate surface area is 169 Å². The van der Waals surface area contributed by atoms with Gasteiger partial charge in [-0.05, 0) is 44.0 Å². The third kappa shape index (κ3) is 5.33. The minimum Gasteiger partial charge on any atom is -0.340 e. The van der Waals surface area contributed by atoms with Crippen LogP contribution in [0.3, 0.4) is 0 Å². The van der Waals surface area contributed by atoms with Crippen LogP contribution in [0, 0.1) is 13.8 Å². The van der Waals surface area contributed by atoms with Gasteiger partial charge in [0.05, 0.1) is 17.1 Å². The van der Waals surface area contributed by atoms with E-state index in [0.717, 1.165) is 16.8 Å². The number of likely N-dealkylation sites (N-methyl/N-ethyl adjacent to an activating group) is 1. The van der Waals surface area contributed by atoms with E-state index < -0.39 is 11.9 Å². The zero-order valence-corrected chi connectivity index (χ0v) is 17.1. The fourth-order valence-electron chi connectivity index (χ4n) is 2.80. The standard InChI is InChI=1S/C21H24ClN3O3/c1-13-8-7-9-14(2)19(13)24-18(26)12-25(4)21(28)15(3)23-20(27)16-10-5-6-11-17(16)22/h5-11,15H,12H2,1-4H3,(H,23,27)(H,24,26)/t15-/m0/s1. The van der Waals surface area contributed by atoms with Crippen LogP contribution in [0.1, 0.15) is 28.4 Å². The summed E-state index contributed by atoms with van der Waals surface area (Å²) < 4.78 is 0. The largest absolute Gasteiger partial charge is 0.340 e. The van der Waals surface area contributed by atoms with E-state index in [4.69, 9.17) is 11.6 Å². The van der Waals surface area contributed by atoms with Crippen molar-refractivity contribution in [1.29, 1.82) is 0 Å². The first-order chi connectivity index (χ1) is 13.2. The molecule has 3 amide bonds. The molecule has 0 unspecified atom stereocenters. The number of hydrogen-bond donors (Lipinski definition) is 2. The van der Waals surface area contributed by atoms with E-state index in [1.165, 1.54) is 11.9 Å². The Morgan fingerprint density at radius 3 is 2.25 bits per heavy atom. The molecule has 0 bridgehead atoms. The second-order valence-electron chi connectivity index (χ2n) is 6.68. The summed E-state index contributed by atoms with van der Waals surface area (Å²) in [5.74, 6) is -1.13. The third-order valence-electron chi connectivity index (χ3n) is 4.34. The van der Waals surface area contributed by atoms with Gasteiger partial charge in [-0.15, -0.1) is 0 Å². The lowest BCUT2D eigenvalue weighted by Gasteiger charge is -2.22. The summed E-state index contributed by atoms with van der Waals surface area (Å²) in [6.07, 6.45) is 0. The number of benzene rings is 2. The molecule has 7 heteroatoms. The van der Waals surface area contributed by atoms with Crippen molar-refractivity contribution in [3.05, 3.63) is 64.2 Å². The maximum absolute atomic E-state index is 12.5. The maximum atomic E-state index is 12.5. The second-order valence-corrected chi connectivity index (χ2v) is 7.09. The van der Waals surface area contributed by atoms with Crippen molar-refractivity contribution in [3.63, 3.8) is 0 Å². The highest BCUT2D eigenvalue weighted by Crippen LogP contribution is 2.19. The molecule has 28 heavy (non-hydrogen) atoms. The van der Waals surface area contributed by atoms with Crippen molar-refractivity contribution in [2.24, 2.45) is 0 Å². The molecule has 2 aromatic carbocycles. The first kappa shape index (κ1) is 21.4. The fourth-order valence-corrected chi connectivity index (χ4v) is 3.02. The van der Waals surface area contributed by atoms with Crippen LogP contribution in [-0.4, -0.2) is 42.3 Å². The Hall–Kier alpha value is -2.86. The van der Waals surface area contributed by atoms with Gasteiger partial charge < -0.3 is 15.5 Å². The van der Waals surface area contributed by atoms with E-state index in [0.29, 0.717) is 10.6 Å². The number of anilines is 1. The Kier molecular flexibility index (Phi) is 7.18. The third-order valence-corrected chi connectivity index (χ3v) is 4.67. The van der Waals surface area contributed by atoms with E-state index in [1.807, 2.05) is 32.0 Å². The van der Waals surface area contributed by atoms with Crippen LogP contribution in [0.2, 0.25) is 5.02 Å². The molecule has 0 aliphatic rings. The summed E-state index contributed by atoms with van der Waals surface area (Å²) in [6, 6.07) is 11.5. The van der Waals surface area contributed by atoms with Crippen LogP contribution in [-0.2, 0) is 9.59 Å². The molecule has 2 aromatic rings. The topological polar surface area (TPSA) is 78.5 Å². The Balaban J connectivity index is 1.95. The first-order valence-electron chi connectivity index (χ1n) is 8.87. The number of halogens is 1. The van der Waals surface area contributed by atoms with Gasteiger partial charge in [-0.2, -0.15) is 0 Å². The van der Waals surface area contributed by atoms with Gasteiger partial charge in [-0.25, -0.2) is 0 Å². The molecule has 0 aromatic heterocycles. The lowest BCUT2D eigenvalue weighted by Crippen LogP contribution is -2.47. The van der Waals surface area contributed by atoms with Gasteiger partial charge in [0.15, 0.2) is 0 Å². The van der Waals surface area contributed by atoms with Crippen LogP contribution >= 0.6 is 11.6 Å². The second kappa shape index (κ2) is 9.37. The Morgan fingerprint density at radius 1 is 1.04 bits per heavy atom. The Morgan fingerprint density at radius 2 is 1.64 bits per heavy atom. The average molecular weight is 402 g/mol. The number of nitrogens with zero attached hydrogens (tertiary/aromatic N) is 1. The number of hydrogen-bond acceptors (Lipinski definition) is 3. The van der Waals surface area contributed by atoms with Gasteiger partial charge >= 0.3 is 0 Å². The molecule has 0 aliphatic carbocycles. The van der Waals surface area contributed by atoms with E-state index in [2.05, 4.69) is 10.6 Å². The number of carbonyl (C=O) groups excluding carboxylic acids is 3. The maximum Gasteiger partial charge on any atom is 0.253 e. The summed E-state index contributed by atoms with van der Waals surface area (Å²) in [5.41, 5.74) is 2.93. The zero-order chi connectivity index (χ0) is 20.8. The number of nitrogens with one attached hydrogen (secondary N) is 2. The molecule has 2 rings (SSSR count). The fraction of sp³-hybridized carbons (Fsp3) is 0.286. The smallest absolute Gasteiger partial charge is 0.253 e. The molecule has 0 heterocycles. The normalized spacial score (nSPS) is 11.5. The molecule has 0 saturated heterocycles. The number of aryl methyl sites for hydroxylation is 2. The van der Waals surface area contributed by atoms with E-state index >= 15 is 0 Å². The summed E-state index contributed by atoms with van der Waals surface area (Å²) in [7, 11) is 1.52. The van der Waals surface area contributed by atoms with Crippen LogP contribution in [0.5, 0.6) is 0 Å². The van der Waals surface area contributed by atoms with Crippen molar-refractivity contribution in [3.8, 4) is 0 Å². The molecule has 0 aliphatic heterocycles. The van der Waals surface area contributed by atoms with Gasteiger partial charge in [0.2, 0.25) is 11.8 Å². The number of para-hydroxylation sites is 1. The SMILES string of the molecule is Cc1cccc(C)c1NC(=O)CN(C)C(=O)[C@H](C)NC(=O)c1ccccc1Cl. The van der Waals surface area contributed by atoms with E-state index in [9.17, 15) is 14.4 Å². The van der Waals surface area contributed by atoms with Gasteiger partial charge in [-0.3, -0.25) is 14.4 Å². The minimum atomic E-state index is -0.804. The summed E-state index contributed by atoms with van der Waals surface area (Å²) in [6.45, 7) is 5.25. The van der Waals surface area contributed by atoms with Crippen LogP contribution in [0.4, 0.5) is 5.69 Å². The molecular formula is C21H24ClN3O3. The van der Waals surface area contributed by atoms with E-state index in [-0.39, 0.29) is 18.4 Å². The molecule has 6 nitrogen and oxygen atoms in total. The quantitative estimate of drug-likeness (QED) is 0.780. The average Bonchev–Trinajstić information content (AvgIpc) is 2.64. The van der Waals surface area contributed by atoms with Crippen molar-refractivity contribution in [1.82, 2.24) is 10.2 Å². The summed E-state index contributed by atoms with van der Waals surface area (Å²) in [5, 5.41) is 5.76.